The Morgan fingerprint density at radius 2 is 1.84 bits per heavy atom. The number of ether oxygens (including phenoxy) is 1. The number of rotatable bonds is 7. The predicted molar refractivity (Wildman–Crippen MR) is 119 cm³/mol. The van der Waals surface area contributed by atoms with E-state index in [9.17, 15) is 14.0 Å². The van der Waals surface area contributed by atoms with Crippen molar-refractivity contribution in [1.29, 1.82) is 0 Å². The van der Waals surface area contributed by atoms with Gasteiger partial charge in [-0.05, 0) is 61.9 Å². The molecule has 1 aliphatic heterocycles. The van der Waals surface area contributed by atoms with Crippen LogP contribution in [0.4, 0.5) is 4.39 Å². The molecule has 0 atom stereocenters. The standard InChI is InChI=1S/C25H31FN2O3/c1-18(2)27-24(30)25(11-13-28(14-12-25)23(29)17-31-3)16-20-7-4-5-10-22(20)19-8-6-9-21(26)15-19/h4-10,15,18H,11-14,16-17H2,1-3H3,(H,27,30). The highest BCUT2D eigenvalue weighted by molar-refractivity contribution is 5.85. The zero-order valence-corrected chi connectivity index (χ0v) is 18.5. The first kappa shape index (κ1) is 22.9. The van der Waals surface area contributed by atoms with Crippen molar-refractivity contribution in [2.75, 3.05) is 26.8 Å². The van der Waals surface area contributed by atoms with E-state index in [2.05, 4.69) is 5.32 Å². The van der Waals surface area contributed by atoms with Gasteiger partial charge in [-0.2, -0.15) is 0 Å². The minimum atomic E-state index is -0.627. The van der Waals surface area contributed by atoms with Crippen LogP contribution in [0.5, 0.6) is 0 Å². The van der Waals surface area contributed by atoms with Gasteiger partial charge in [0.25, 0.3) is 0 Å². The van der Waals surface area contributed by atoms with Crippen LogP contribution >= 0.6 is 0 Å². The van der Waals surface area contributed by atoms with Crippen LogP contribution in [0.2, 0.25) is 0 Å². The Morgan fingerprint density at radius 1 is 1.13 bits per heavy atom. The summed E-state index contributed by atoms with van der Waals surface area (Å²) in [5.74, 6) is -0.333. The molecular weight excluding hydrogens is 395 g/mol. The fourth-order valence-corrected chi connectivity index (χ4v) is 4.27. The van der Waals surface area contributed by atoms with Gasteiger partial charge in [-0.25, -0.2) is 4.39 Å². The lowest BCUT2D eigenvalue weighted by molar-refractivity contribution is -0.143. The molecule has 0 bridgehead atoms. The number of carbonyl (C=O) groups excluding carboxylic acids is 2. The summed E-state index contributed by atoms with van der Waals surface area (Å²) in [6.45, 7) is 4.96. The molecule has 1 aliphatic rings. The Balaban J connectivity index is 1.91. The molecule has 0 aliphatic carbocycles. The number of amides is 2. The lowest BCUT2D eigenvalue weighted by Gasteiger charge is -2.41. The van der Waals surface area contributed by atoms with E-state index in [0.717, 1.165) is 16.7 Å². The molecule has 31 heavy (non-hydrogen) atoms. The summed E-state index contributed by atoms with van der Waals surface area (Å²) in [7, 11) is 1.51. The Hall–Kier alpha value is -2.73. The van der Waals surface area contributed by atoms with Crippen LogP contribution < -0.4 is 5.32 Å². The smallest absolute Gasteiger partial charge is 0.248 e. The molecule has 6 heteroatoms. The second-order valence-electron chi connectivity index (χ2n) is 8.57. The summed E-state index contributed by atoms with van der Waals surface area (Å²) in [5, 5.41) is 3.08. The quantitative estimate of drug-likeness (QED) is 0.732. The molecule has 0 aromatic heterocycles. The highest BCUT2D eigenvalue weighted by Gasteiger charge is 2.42. The van der Waals surface area contributed by atoms with E-state index in [1.54, 1.807) is 11.0 Å². The number of halogens is 1. The maximum atomic E-state index is 13.9. The second-order valence-corrected chi connectivity index (χ2v) is 8.57. The van der Waals surface area contributed by atoms with Gasteiger partial charge in [0.05, 0.1) is 5.41 Å². The maximum absolute atomic E-state index is 13.9. The van der Waals surface area contributed by atoms with Crippen molar-refractivity contribution < 1.29 is 18.7 Å². The molecule has 1 N–H and O–H groups in total. The average molecular weight is 427 g/mol. The van der Waals surface area contributed by atoms with E-state index < -0.39 is 5.41 Å². The molecule has 2 aromatic rings. The van der Waals surface area contributed by atoms with Gasteiger partial charge in [-0.1, -0.05) is 36.4 Å². The van der Waals surface area contributed by atoms with Crippen LogP contribution in [-0.2, 0) is 20.7 Å². The van der Waals surface area contributed by atoms with E-state index in [0.29, 0.717) is 32.4 Å². The minimum Gasteiger partial charge on any atom is -0.375 e. The van der Waals surface area contributed by atoms with E-state index >= 15 is 0 Å². The van der Waals surface area contributed by atoms with Crippen LogP contribution in [0.3, 0.4) is 0 Å². The number of benzene rings is 2. The summed E-state index contributed by atoms with van der Waals surface area (Å²) in [6.07, 6.45) is 1.67. The Bertz CT molecular complexity index is 920. The van der Waals surface area contributed by atoms with Crippen molar-refractivity contribution in [1.82, 2.24) is 10.2 Å². The lowest BCUT2D eigenvalue weighted by Crippen LogP contribution is -2.52. The summed E-state index contributed by atoms with van der Waals surface area (Å²) < 4.78 is 18.8. The second kappa shape index (κ2) is 10.1. The molecule has 2 aromatic carbocycles. The van der Waals surface area contributed by atoms with Crippen molar-refractivity contribution >= 4 is 11.8 Å². The summed E-state index contributed by atoms with van der Waals surface area (Å²) in [6, 6.07) is 14.4. The van der Waals surface area contributed by atoms with E-state index in [4.69, 9.17) is 4.74 Å². The van der Waals surface area contributed by atoms with Gasteiger partial charge in [0, 0.05) is 26.2 Å². The minimum absolute atomic E-state index is 0.00962. The number of carbonyl (C=O) groups is 2. The molecular formula is C25H31FN2O3. The molecule has 0 saturated carbocycles. The Morgan fingerprint density at radius 3 is 2.48 bits per heavy atom. The van der Waals surface area contributed by atoms with Crippen molar-refractivity contribution in [3.05, 3.63) is 59.9 Å². The molecule has 1 fully saturated rings. The first-order chi connectivity index (χ1) is 14.8. The third kappa shape index (κ3) is 5.50. The summed E-state index contributed by atoms with van der Waals surface area (Å²) in [5.41, 5.74) is 2.10. The zero-order valence-electron chi connectivity index (χ0n) is 18.5. The molecule has 1 saturated heterocycles. The monoisotopic (exact) mass is 426 g/mol. The molecule has 5 nitrogen and oxygen atoms in total. The van der Waals surface area contributed by atoms with E-state index in [-0.39, 0.29) is 30.3 Å². The van der Waals surface area contributed by atoms with Crippen molar-refractivity contribution in [2.45, 2.75) is 39.2 Å². The zero-order chi connectivity index (χ0) is 22.4. The third-order valence-corrected chi connectivity index (χ3v) is 5.92. The van der Waals surface area contributed by atoms with E-state index in [1.807, 2.05) is 44.2 Å². The highest BCUT2D eigenvalue weighted by Crippen LogP contribution is 2.38. The fraction of sp³-hybridized carbons (Fsp3) is 0.440. The van der Waals surface area contributed by atoms with Crippen LogP contribution in [0.25, 0.3) is 11.1 Å². The SMILES string of the molecule is COCC(=O)N1CCC(Cc2ccccc2-c2cccc(F)c2)(C(=O)NC(C)C)CC1. The van der Waals surface area contributed by atoms with E-state index in [1.165, 1.54) is 19.2 Å². The number of hydrogen-bond donors (Lipinski definition) is 1. The van der Waals surface area contributed by atoms with Gasteiger partial charge in [0.1, 0.15) is 12.4 Å². The molecule has 1 heterocycles. The third-order valence-electron chi connectivity index (χ3n) is 5.92. The van der Waals surface area contributed by atoms with Crippen molar-refractivity contribution in [2.24, 2.45) is 5.41 Å². The van der Waals surface area contributed by atoms with Gasteiger partial charge in [-0.3, -0.25) is 9.59 Å². The van der Waals surface area contributed by atoms with Crippen LogP contribution in [0.1, 0.15) is 32.3 Å². The van der Waals surface area contributed by atoms with Gasteiger partial charge in [-0.15, -0.1) is 0 Å². The first-order valence-corrected chi connectivity index (χ1v) is 10.8. The molecule has 0 spiro atoms. The molecule has 0 radical (unpaired) electrons. The fourth-order valence-electron chi connectivity index (χ4n) is 4.27. The summed E-state index contributed by atoms with van der Waals surface area (Å²) in [4.78, 5) is 27.4. The van der Waals surface area contributed by atoms with Crippen LogP contribution in [0.15, 0.2) is 48.5 Å². The number of nitrogens with one attached hydrogen (secondary N) is 1. The van der Waals surface area contributed by atoms with Gasteiger partial charge in [0.2, 0.25) is 11.8 Å². The summed E-state index contributed by atoms with van der Waals surface area (Å²) >= 11 is 0. The highest BCUT2D eigenvalue weighted by atomic mass is 19.1. The first-order valence-electron chi connectivity index (χ1n) is 10.8. The Kier molecular flexibility index (Phi) is 7.44. The van der Waals surface area contributed by atoms with Crippen molar-refractivity contribution in [3.8, 4) is 11.1 Å². The number of piperidine rings is 1. The van der Waals surface area contributed by atoms with Crippen LogP contribution in [-0.4, -0.2) is 49.6 Å². The van der Waals surface area contributed by atoms with Gasteiger partial charge < -0.3 is 15.0 Å². The number of methoxy groups -OCH3 is 1. The number of hydrogen-bond acceptors (Lipinski definition) is 3. The number of likely N-dealkylation sites (tertiary alicyclic amines) is 1. The van der Waals surface area contributed by atoms with Crippen molar-refractivity contribution in [3.63, 3.8) is 0 Å². The number of nitrogens with zero attached hydrogens (tertiary/aromatic N) is 1. The molecule has 3 rings (SSSR count). The maximum Gasteiger partial charge on any atom is 0.248 e. The normalized spacial score (nSPS) is 15.7. The van der Waals surface area contributed by atoms with Gasteiger partial charge in [0.15, 0.2) is 0 Å². The average Bonchev–Trinajstić information content (AvgIpc) is 2.74. The Labute approximate surface area is 183 Å². The molecule has 0 unspecified atom stereocenters. The van der Waals surface area contributed by atoms with Crippen LogP contribution in [0, 0.1) is 11.2 Å². The predicted octanol–water partition coefficient (Wildman–Crippen LogP) is 3.82. The van der Waals surface area contributed by atoms with Gasteiger partial charge >= 0.3 is 0 Å². The topological polar surface area (TPSA) is 58.6 Å². The molecule has 166 valence electrons. The lowest BCUT2D eigenvalue weighted by atomic mass is 9.71. The molecule has 2 amide bonds. The largest absolute Gasteiger partial charge is 0.375 e.